The van der Waals surface area contributed by atoms with E-state index in [9.17, 15) is 4.79 Å². The maximum Gasteiger partial charge on any atom is 0.251 e. The minimum atomic E-state index is -0.319. The normalized spacial score (nSPS) is 12.2. The highest BCUT2D eigenvalue weighted by atomic mass is 16.5. The Balaban J connectivity index is 2.14. The van der Waals surface area contributed by atoms with Gasteiger partial charge >= 0.3 is 0 Å². The third-order valence-corrected chi connectivity index (χ3v) is 3.11. The van der Waals surface area contributed by atoms with E-state index in [0.29, 0.717) is 23.0 Å². The molecule has 1 N–H and O–H groups in total. The molecule has 0 aliphatic heterocycles. The summed E-state index contributed by atoms with van der Waals surface area (Å²) in [6.45, 7) is 5.71. The number of hydrogen-bond donors (Lipinski definition) is 1. The molecule has 1 aromatic carbocycles. The second kappa shape index (κ2) is 6.39. The van der Waals surface area contributed by atoms with Crippen molar-refractivity contribution in [2.24, 2.45) is 5.92 Å². The third-order valence-electron chi connectivity index (χ3n) is 3.11. The van der Waals surface area contributed by atoms with Crippen LogP contribution in [0.15, 0.2) is 28.8 Å². The van der Waals surface area contributed by atoms with Crippen molar-refractivity contribution in [1.29, 1.82) is 0 Å². The molecule has 2 aromatic rings. The molecule has 1 aromatic heterocycles. The van der Waals surface area contributed by atoms with Crippen LogP contribution < -0.4 is 10.1 Å². The molecule has 6 nitrogen and oxygen atoms in total. The zero-order valence-electron chi connectivity index (χ0n) is 12.6. The summed E-state index contributed by atoms with van der Waals surface area (Å²) in [6, 6.07) is 6.60. The van der Waals surface area contributed by atoms with Crippen LogP contribution in [0.25, 0.3) is 0 Å². The van der Waals surface area contributed by atoms with E-state index in [1.807, 2.05) is 13.8 Å². The minimum Gasteiger partial charge on any atom is -0.497 e. The fourth-order valence-corrected chi connectivity index (χ4v) is 1.92. The number of carbonyl (C=O) groups excluding carboxylic acids is 1. The summed E-state index contributed by atoms with van der Waals surface area (Å²) in [5.74, 6) is 1.62. The number of rotatable bonds is 5. The van der Waals surface area contributed by atoms with Gasteiger partial charge in [0.2, 0.25) is 5.89 Å². The first-order chi connectivity index (χ1) is 10.0. The number of methoxy groups -OCH3 is 1. The van der Waals surface area contributed by atoms with Crippen LogP contribution in [0.2, 0.25) is 0 Å². The van der Waals surface area contributed by atoms with E-state index in [-0.39, 0.29) is 17.9 Å². The highest BCUT2D eigenvalue weighted by molar-refractivity contribution is 5.94. The molecule has 2 rings (SSSR count). The Morgan fingerprint density at radius 1 is 1.29 bits per heavy atom. The molecule has 1 heterocycles. The largest absolute Gasteiger partial charge is 0.497 e. The van der Waals surface area contributed by atoms with Crippen molar-refractivity contribution in [2.75, 3.05) is 7.11 Å². The zero-order chi connectivity index (χ0) is 15.4. The van der Waals surface area contributed by atoms with Crippen molar-refractivity contribution in [2.45, 2.75) is 26.8 Å². The van der Waals surface area contributed by atoms with Gasteiger partial charge in [-0.3, -0.25) is 4.79 Å². The molecular weight excluding hydrogens is 270 g/mol. The fourth-order valence-electron chi connectivity index (χ4n) is 1.92. The number of aromatic nitrogens is 2. The first kappa shape index (κ1) is 15.0. The Labute approximate surface area is 123 Å². The molecule has 1 amide bonds. The van der Waals surface area contributed by atoms with E-state index in [2.05, 4.69) is 15.5 Å². The van der Waals surface area contributed by atoms with Gasteiger partial charge in [-0.25, -0.2) is 0 Å². The molecule has 0 radical (unpaired) electrons. The maximum absolute atomic E-state index is 12.3. The van der Waals surface area contributed by atoms with Crippen molar-refractivity contribution in [3.05, 3.63) is 41.5 Å². The lowest BCUT2D eigenvalue weighted by Gasteiger charge is -2.18. The van der Waals surface area contributed by atoms with E-state index in [1.165, 1.54) is 0 Å². The molecule has 0 bridgehead atoms. The van der Waals surface area contributed by atoms with Gasteiger partial charge in [-0.05, 0) is 37.1 Å². The predicted octanol–water partition coefficient (Wildman–Crippen LogP) is 2.51. The lowest BCUT2D eigenvalue weighted by atomic mass is 10.0. The van der Waals surface area contributed by atoms with Crippen LogP contribution in [-0.2, 0) is 0 Å². The van der Waals surface area contributed by atoms with Crippen molar-refractivity contribution in [3.63, 3.8) is 0 Å². The van der Waals surface area contributed by atoms with Gasteiger partial charge in [0.05, 0.1) is 7.11 Å². The van der Waals surface area contributed by atoms with Gasteiger partial charge in [-0.2, -0.15) is 4.98 Å². The van der Waals surface area contributed by atoms with Crippen molar-refractivity contribution in [1.82, 2.24) is 15.5 Å². The molecule has 21 heavy (non-hydrogen) atoms. The summed E-state index contributed by atoms with van der Waals surface area (Å²) in [6.07, 6.45) is 0. The van der Waals surface area contributed by atoms with Crippen molar-refractivity contribution in [3.8, 4) is 5.75 Å². The van der Waals surface area contributed by atoms with Crippen LogP contribution in [-0.4, -0.2) is 23.2 Å². The molecule has 0 aliphatic rings. The maximum atomic E-state index is 12.3. The molecular formula is C15H19N3O3. The summed E-state index contributed by atoms with van der Waals surface area (Å²) in [7, 11) is 1.59. The second-order valence-corrected chi connectivity index (χ2v) is 5.10. The second-order valence-electron chi connectivity index (χ2n) is 5.10. The van der Waals surface area contributed by atoms with Gasteiger partial charge in [-0.1, -0.05) is 19.0 Å². The highest BCUT2D eigenvalue weighted by Crippen LogP contribution is 2.21. The first-order valence-electron chi connectivity index (χ1n) is 6.76. The lowest BCUT2D eigenvalue weighted by molar-refractivity contribution is 0.0914. The average molecular weight is 289 g/mol. The number of hydrogen-bond acceptors (Lipinski definition) is 5. The molecule has 6 heteroatoms. The topological polar surface area (TPSA) is 77.2 Å². The summed E-state index contributed by atoms with van der Waals surface area (Å²) in [4.78, 5) is 16.5. The van der Waals surface area contributed by atoms with Gasteiger partial charge in [0.15, 0.2) is 5.82 Å². The molecule has 0 spiro atoms. The Morgan fingerprint density at radius 2 is 1.95 bits per heavy atom. The monoisotopic (exact) mass is 289 g/mol. The number of nitrogens with zero attached hydrogens (tertiary/aromatic N) is 2. The van der Waals surface area contributed by atoms with E-state index in [4.69, 9.17) is 9.26 Å². The molecule has 0 fully saturated rings. The van der Waals surface area contributed by atoms with Crippen LogP contribution >= 0.6 is 0 Å². The molecule has 0 saturated heterocycles. The van der Waals surface area contributed by atoms with E-state index >= 15 is 0 Å². The van der Waals surface area contributed by atoms with Crippen LogP contribution in [0.3, 0.4) is 0 Å². The Bertz CT molecular complexity index is 605. The molecule has 112 valence electrons. The summed E-state index contributed by atoms with van der Waals surface area (Å²) in [5, 5.41) is 6.69. The Kier molecular flexibility index (Phi) is 4.57. The van der Waals surface area contributed by atoms with E-state index < -0.39 is 0 Å². The predicted molar refractivity (Wildman–Crippen MR) is 77.1 cm³/mol. The van der Waals surface area contributed by atoms with Gasteiger partial charge in [-0.15, -0.1) is 0 Å². The summed E-state index contributed by atoms with van der Waals surface area (Å²) < 4.78 is 10.2. The number of carbonyl (C=O) groups is 1. The number of aryl methyl sites for hydroxylation is 1. The van der Waals surface area contributed by atoms with Gasteiger partial charge in [0.25, 0.3) is 5.91 Å². The Hall–Kier alpha value is -2.37. The van der Waals surface area contributed by atoms with Crippen LogP contribution in [0.5, 0.6) is 5.75 Å². The third kappa shape index (κ3) is 3.59. The van der Waals surface area contributed by atoms with Crippen molar-refractivity contribution < 1.29 is 14.1 Å². The van der Waals surface area contributed by atoms with Crippen molar-refractivity contribution >= 4 is 5.91 Å². The zero-order valence-corrected chi connectivity index (χ0v) is 12.6. The summed E-state index contributed by atoms with van der Waals surface area (Å²) in [5.41, 5.74) is 0.553. The minimum absolute atomic E-state index is 0.132. The molecule has 1 unspecified atom stereocenters. The first-order valence-corrected chi connectivity index (χ1v) is 6.76. The number of ether oxygens (including phenoxy) is 1. The SMILES string of the molecule is COc1ccc(C(=O)NC(c2nc(C)no2)C(C)C)cc1. The Morgan fingerprint density at radius 3 is 2.43 bits per heavy atom. The van der Waals surface area contributed by atoms with E-state index in [1.54, 1.807) is 38.3 Å². The average Bonchev–Trinajstić information content (AvgIpc) is 2.90. The van der Waals surface area contributed by atoms with E-state index in [0.717, 1.165) is 0 Å². The summed E-state index contributed by atoms with van der Waals surface area (Å²) >= 11 is 0. The lowest BCUT2D eigenvalue weighted by Crippen LogP contribution is -2.32. The fraction of sp³-hybridized carbons (Fsp3) is 0.400. The van der Waals surface area contributed by atoms with Crippen LogP contribution in [0.4, 0.5) is 0 Å². The van der Waals surface area contributed by atoms with Crippen LogP contribution in [0.1, 0.15) is 42.0 Å². The number of benzene rings is 1. The van der Waals surface area contributed by atoms with Gasteiger partial charge in [0.1, 0.15) is 11.8 Å². The standard InChI is InChI=1S/C15H19N3O3/c1-9(2)13(15-16-10(3)18-21-15)17-14(19)11-5-7-12(20-4)8-6-11/h5-9,13H,1-4H3,(H,17,19). The molecule has 0 saturated carbocycles. The van der Waals surface area contributed by atoms with Gasteiger partial charge < -0.3 is 14.6 Å². The highest BCUT2D eigenvalue weighted by Gasteiger charge is 2.24. The molecule has 0 aliphatic carbocycles. The number of amides is 1. The molecule has 1 atom stereocenters. The smallest absolute Gasteiger partial charge is 0.251 e. The van der Waals surface area contributed by atoms with Crippen LogP contribution in [0, 0.1) is 12.8 Å². The van der Waals surface area contributed by atoms with Gasteiger partial charge in [0, 0.05) is 5.56 Å². The quantitative estimate of drug-likeness (QED) is 0.915. The number of nitrogens with one attached hydrogen (secondary N) is 1.